The highest BCUT2D eigenvalue weighted by Crippen LogP contribution is 2.61. The van der Waals surface area contributed by atoms with Crippen molar-refractivity contribution < 1.29 is 4.79 Å². The van der Waals surface area contributed by atoms with E-state index in [4.69, 9.17) is 4.98 Å². The number of carbonyl (C=O) groups excluding carboxylic acids is 1. The van der Waals surface area contributed by atoms with Crippen LogP contribution in [0.3, 0.4) is 0 Å². The second-order valence-electron chi connectivity index (χ2n) is 18.4. The highest BCUT2D eigenvalue weighted by molar-refractivity contribution is 6.26. The SMILES string of the molecule is O=C1N(c2cccc3ccccc23)c2nc(-c3cccc4ccccc34)c(-c3cccc4ccccc34)c(-c3cccc4ccccc34)c2C1(c1cccc2ccccc12)c1cccc2ccccc12. The first-order valence-electron chi connectivity index (χ1n) is 24.0. The standard InChI is InChI=1S/C67H42N2O/c70-66-67(58-40-16-28-46-22-4-10-34-52(46)58,59-41-17-29-47-23-5-11-35-53(47)59)63-61(55-37-13-25-43-19-1-7-31-49(43)55)62(56-38-14-26-44-20-2-8-32-50(44)56)64(57-39-15-27-45-21-3-9-33-51(45)57)68-65(63)69(66)60-42-18-30-48-24-6-12-36-54(48)60/h1-42H. The van der Waals surface area contributed by atoms with Gasteiger partial charge < -0.3 is 0 Å². The normalized spacial score (nSPS) is 13.3. The number of carbonyl (C=O) groups is 1. The summed E-state index contributed by atoms with van der Waals surface area (Å²) in [5.74, 6) is 0.525. The first-order valence-corrected chi connectivity index (χ1v) is 24.0. The van der Waals surface area contributed by atoms with Gasteiger partial charge in [0.05, 0.1) is 11.4 Å². The lowest BCUT2D eigenvalue weighted by molar-refractivity contribution is -0.120. The Balaban J connectivity index is 1.31. The summed E-state index contributed by atoms with van der Waals surface area (Å²) < 4.78 is 0. The van der Waals surface area contributed by atoms with Crippen LogP contribution in [0.25, 0.3) is 98.1 Å². The smallest absolute Gasteiger partial charge is 0.252 e. The van der Waals surface area contributed by atoms with E-state index < -0.39 is 5.41 Å². The quantitative estimate of drug-likeness (QED) is 0.167. The van der Waals surface area contributed by atoms with Crippen LogP contribution in [0.1, 0.15) is 16.7 Å². The number of amides is 1. The summed E-state index contributed by atoms with van der Waals surface area (Å²) in [6.07, 6.45) is 0. The molecule has 0 bridgehead atoms. The van der Waals surface area contributed by atoms with Gasteiger partial charge in [0.2, 0.25) is 0 Å². The number of rotatable bonds is 6. The van der Waals surface area contributed by atoms with Crippen molar-refractivity contribution in [2.24, 2.45) is 0 Å². The number of aromatic nitrogens is 1. The molecule has 0 saturated heterocycles. The maximum Gasteiger partial charge on any atom is 0.252 e. The molecule has 326 valence electrons. The average molecular weight is 891 g/mol. The molecule has 1 aliphatic rings. The van der Waals surface area contributed by atoms with E-state index in [2.05, 4.69) is 255 Å². The van der Waals surface area contributed by atoms with Crippen LogP contribution < -0.4 is 4.90 Å². The third kappa shape index (κ3) is 5.76. The minimum Gasteiger partial charge on any atom is -0.272 e. The molecule has 0 radical (unpaired) electrons. The van der Waals surface area contributed by atoms with Crippen LogP contribution in [0, 0.1) is 0 Å². The second kappa shape index (κ2) is 15.7. The van der Waals surface area contributed by atoms with Gasteiger partial charge in [0.25, 0.3) is 5.91 Å². The minimum absolute atomic E-state index is 0.0838. The summed E-state index contributed by atoms with van der Waals surface area (Å²) >= 11 is 0. The summed E-state index contributed by atoms with van der Waals surface area (Å²) in [4.78, 5) is 25.8. The van der Waals surface area contributed by atoms with Crippen LogP contribution in [0.4, 0.5) is 11.5 Å². The monoisotopic (exact) mass is 890 g/mol. The Kier molecular flexibility index (Phi) is 8.96. The first kappa shape index (κ1) is 39.9. The summed E-state index contributed by atoms with van der Waals surface area (Å²) in [5.41, 5.74) is 7.79. The fourth-order valence-corrected chi connectivity index (χ4v) is 11.9. The van der Waals surface area contributed by atoms with Crippen molar-refractivity contribution in [2.75, 3.05) is 4.90 Å². The van der Waals surface area contributed by atoms with Crippen LogP contribution in [-0.4, -0.2) is 10.9 Å². The summed E-state index contributed by atoms with van der Waals surface area (Å²) in [5, 5.41) is 12.7. The predicted molar refractivity (Wildman–Crippen MR) is 292 cm³/mol. The van der Waals surface area contributed by atoms with Gasteiger partial charge in [-0.1, -0.05) is 249 Å². The third-order valence-electron chi connectivity index (χ3n) is 14.8. The van der Waals surface area contributed by atoms with Gasteiger partial charge >= 0.3 is 0 Å². The van der Waals surface area contributed by atoms with E-state index in [0.29, 0.717) is 5.82 Å². The van der Waals surface area contributed by atoms with Crippen LogP contribution in [0.2, 0.25) is 0 Å². The molecule has 1 aromatic heterocycles. The molecule has 1 aliphatic heterocycles. The molecule has 0 spiro atoms. The maximum atomic E-state index is 17.7. The number of hydrogen-bond acceptors (Lipinski definition) is 2. The van der Waals surface area contributed by atoms with Gasteiger partial charge in [-0.25, -0.2) is 4.98 Å². The van der Waals surface area contributed by atoms with Gasteiger partial charge in [0.1, 0.15) is 11.2 Å². The third-order valence-corrected chi connectivity index (χ3v) is 14.8. The summed E-state index contributed by atoms with van der Waals surface area (Å²) in [7, 11) is 0. The molecule has 12 aromatic carbocycles. The lowest BCUT2D eigenvalue weighted by Gasteiger charge is -2.34. The highest BCUT2D eigenvalue weighted by Gasteiger charge is 2.58. The largest absolute Gasteiger partial charge is 0.272 e. The van der Waals surface area contributed by atoms with Crippen molar-refractivity contribution in [3.8, 4) is 33.5 Å². The van der Waals surface area contributed by atoms with E-state index >= 15 is 4.79 Å². The lowest BCUT2D eigenvalue weighted by Crippen LogP contribution is -2.41. The number of anilines is 2. The van der Waals surface area contributed by atoms with Crippen molar-refractivity contribution in [2.45, 2.75) is 5.41 Å². The molecule has 14 rings (SSSR count). The van der Waals surface area contributed by atoms with Crippen LogP contribution >= 0.6 is 0 Å². The van der Waals surface area contributed by atoms with Crippen molar-refractivity contribution in [3.63, 3.8) is 0 Å². The fraction of sp³-hybridized carbons (Fsp3) is 0.0149. The van der Waals surface area contributed by atoms with Gasteiger partial charge in [-0.05, 0) is 87.6 Å². The zero-order valence-corrected chi connectivity index (χ0v) is 38.1. The zero-order chi connectivity index (χ0) is 46.3. The van der Waals surface area contributed by atoms with E-state index in [-0.39, 0.29) is 5.91 Å². The molecule has 0 aliphatic carbocycles. The number of hydrogen-bond donors (Lipinski definition) is 0. The topological polar surface area (TPSA) is 33.2 Å². The average Bonchev–Trinajstić information content (AvgIpc) is 3.70. The molecule has 0 saturated carbocycles. The number of pyridine rings is 1. The van der Waals surface area contributed by atoms with E-state index in [0.717, 1.165) is 121 Å². The maximum absolute atomic E-state index is 17.7. The molecular formula is C67H42N2O. The van der Waals surface area contributed by atoms with Crippen molar-refractivity contribution in [1.29, 1.82) is 0 Å². The van der Waals surface area contributed by atoms with Gasteiger partial charge in [-0.15, -0.1) is 0 Å². The molecular weight excluding hydrogens is 849 g/mol. The summed E-state index contributed by atoms with van der Waals surface area (Å²) in [6.45, 7) is 0. The van der Waals surface area contributed by atoms with Gasteiger partial charge in [0.15, 0.2) is 0 Å². The minimum atomic E-state index is -1.45. The second-order valence-corrected chi connectivity index (χ2v) is 18.4. The van der Waals surface area contributed by atoms with Gasteiger partial charge in [-0.2, -0.15) is 0 Å². The molecule has 13 aromatic rings. The fourth-order valence-electron chi connectivity index (χ4n) is 11.9. The highest BCUT2D eigenvalue weighted by atomic mass is 16.2. The molecule has 3 heteroatoms. The Labute approximate surface area is 405 Å². The Morgan fingerprint density at radius 3 is 1.16 bits per heavy atom. The Bertz CT molecular complexity index is 4190. The van der Waals surface area contributed by atoms with Crippen LogP contribution in [-0.2, 0) is 10.2 Å². The Morgan fingerprint density at radius 2 is 0.657 bits per heavy atom. The van der Waals surface area contributed by atoms with Crippen molar-refractivity contribution in [1.82, 2.24) is 4.98 Å². The van der Waals surface area contributed by atoms with Crippen molar-refractivity contribution in [3.05, 3.63) is 271 Å². The first-order chi connectivity index (χ1) is 34.7. The molecule has 0 N–H and O–H groups in total. The van der Waals surface area contributed by atoms with Crippen LogP contribution in [0.15, 0.2) is 255 Å². The van der Waals surface area contributed by atoms with E-state index in [1.54, 1.807) is 0 Å². The zero-order valence-electron chi connectivity index (χ0n) is 38.1. The van der Waals surface area contributed by atoms with E-state index in [1.165, 1.54) is 0 Å². The molecule has 70 heavy (non-hydrogen) atoms. The van der Waals surface area contributed by atoms with E-state index in [1.807, 2.05) is 4.90 Å². The molecule has 1 amide bonds. The number of fused-ring (bicyclic) bond motifs is 7. The molecule has 0 atom stereocenters. The Hall–Kier alpha value is -9.18. The number of benzene rings is 12. The number of nitrogens with zero attached hydrogens (tertiary/aromatic N) is 2. The molecule has 0 fully saturated rings. The molecule has 0 unspecified atom stereocenters. The van der Waals surface area contributed by atoms with Crippen LogP contribution in [0.5, 0.6) is 0 Å². The van der Waals surface area contributed by atoms with Crippen molar-refractivity contribution >= 4 is 82.0 Å². The summed E-state index contributed by atoms with van der Waals surface area (Å²) in [6, 6.07) is 90.4. The predicted octanol–water partition coefficient (Wildman–Crippen LogP) is 17.0. The van der Waals surface area contributed by atoms with Gasteiger partial charge in [-0.3, -0.25) is 9.69 Å². The molecule has 3 nitrogen and oxygen atoms in total. The Morgan fingerprint density at radius 1 is 0.314 bits per heavy atom. The van der Waals surface area contributed by atoms with Gasteiger partial charge in [0, 0.05) is 27.6 Å². The molecule has 2 heterocycles. The van der Waals surface area contributed by atoms with E-state index in [9.17, 15) is 0 Å². The lowest BCUT2D eigenvalue weighted by atomic mass is 9.65.